The number of fused-ring (bicyclic) bond motifs is 1. The largest absolute Gasteiger partial charge is 0.352 e. The summed E-state index contributed by atoms with van der Waals surface area (Å²) >= 11 is 0. The number of rotatable bonds is 5. The Morgan fingerprint density at radius 3 is 2.62 bits per heavy atom. The number of aromatic nitrogens is 3. The molecule has 9 heteroatoms. The second-order valence-electron chi connectivity index (χ2n) is 8.37. The zero-order chi connectivity index (χ0) is 22.2. The SMILES string of the molecule is Cn1nc(C(=O)N2CC(N3CC(C(=O)NCc4ccncc4)CC3=O)C2)c2ccccc21. The molecule has 164 valence electrons. The number of carbonyl (C=O) groups is 3. The van der Waals surface area contributed by atoms with Gasteiger partial charge < -0.3 is 15.1 Å². The van der Waals surface area contributed by atoms with Crippen molar-refractivity contribution in [2.45, 2.75) is 19.0 Å². The highest BCUT2D eigenvalue weighted by Crippen LogP contribution is 2.27. The van der Waals surface area contributed by atoms with Crippen molar-refractivity contribution in [2.24, 2.45) is 13.0 Å². The first kappa shape index (κ1) is 20.2. The Morgan fingerprint density at radius 2 is 1.84 bits per heavy atom. The quantitative estimate of drug-likeness (QED) is 0.647. The predicted octanol–water partition coefficient (Wildman–Crippen LogP) is 0.958. The van der Waals surface area contributed by atoms with E-state index in [1.165, 1.54) is 0 Å². The van der Waals surface area contributed by atoms with E-state index in [9.17, 15) is 14.4 Å². The molecule has 0 radical (unpaired) electrons. The van der Waals surface area contributed by atoms with Crippen molar-refractivity contribution in [2.75, 3.05) is 19.6 Å². The van der Waals surface area contributed by atoms with Crippen LogP contribution in [0.4, 0.5) is 0 Å². The van der Waals surface area contributed by atoms with Gasteiger partial charge in [-0.25, -0.2) is 0 Å². The highest BCUT2D eigenvalue weighted by Gasteiger charge is 2.44. The highest BCUT2D eigenvalue weighted by atomic mass is 16.2. The molecule has 2 aromatic heterocycles. The van der Waals surface area contributed by atoms with Crippen LogP contribution < -0.4 is 5.32 Å². The highest BCUT2D eigenvalue weighted by molar-refractivity contribution is 6.05. The lowest BCUT2D eigenvalue weighted by atomic mass is 10.1. The van der Waals surface area contributed by atoms with Crippen molar-refractivity contribution in [3.63, 3.8) is 0 Å². The van der Waals surface area contributed by atoms with Crippen molar-refractivity contribution in [3.05, 3.63) is 60.0 Å². The fourth-order valence-corrected chi connectivity index (χ4v) is 4.43. The summed E-state index contributed by atoms with van der Waals surface area (Å²) in [5.74, 6) is -0.649. The molecule has 1 unspecified atom stereocenters. The lowest BCUT2D eigenvalue weighted by Gasteiger charge is -2.43. The van der Waals surface area contributed by atoms with E-state index in [2.05, 4.69) is 15.4 Å². The van der Waals surface area contributed by atoms with Crippen LogP contribution in [-0.2, 0) is 23.2 Å². The molecule has 3 aromatic rings. The van der Waals surface area contributed by atoms with Crippen LogP contribution in [0.5, 0.6) is 0 Å². The number of amides is 3. The Hall–Kier alpha value is -3.75. The first-order chi connectivity index (χ1) is 15.5. The van der Waals surface area contributed by atoms with Gasteiger partial charge in [-0.15, -0.1) is 0 Å². The number of likely N-dealkylation sites (tertiary alicyclic amines) is 2. The van der Waals surface area contributed by atoms with Crippen molar-refractivity contribution < 1.29 is 14.4 Å². The summed E-state index contributed by atoms with van der Waals surface area (Å²) < 4.78 is 1.71. The van der Waals surface area contributed by atoms with Crippen molar-refractivity contribution in [1.82, 2.24) is 29.9 Å². The molecule has 0 saturated carbocycles. The van der Waals surface area contributed by atoms with Gasteiger partial charge in [0, 0.05) is 57.4 Å². The number of benzene rings is 1. The molecule has 0 aliphatic carbocycles. The van der Waals surface area contributed by atoms with Crippen molar-refractivity contribution >= 4 is 28.6 Å². The monoisotopic (exact) mass is 432 g/mol. The number of hydrogen-bond acceptors (Lipinski definition) is 5. The van der Waals surface area contributed by atoms with Crippen LogP contribution in [0.3, 0.4) is 0 Å². The van der Waals surface area contributed by atoms with Gasteiger partial charge >= 0.3 is 0 Å². The van der Waals surface area contributed by atoms with Gasteiger partial charge in [0.15, 0.2) is 5.69 Å². The Morgan fingerprint density at radius 1 is 1.09 bits per heavy atom. The molecular weight excluding hydrogens is 408 g/mol. The molecule has 2 saturated heterocycles. The van der Waals surface area contributed by atoms with Crippen LogP contribution in [0.2, 0.25) is 0 Å². The molecule has 3 amide bonds. The molecule has 1 N–H and O–H groups in total. The molecule has 2 aliphatic rings. The minimum Gasteiger partial charge on any atom is -0.352 e. The zero-order valence-electron chi connectivity index (χ0n) is 17.8. The smallest absolute Gasteiger partial charge is 0.275 e. The molecule has 5 rings (SSSR count). The second-order valence-corrected chi connectivity index (χ2v) is 8.37. The van der Waals surface area contributed by atoms with Gasteiger partial charge in [-0.3, -0.25) is 24.0 Å². The average molecular weight is 432 g/mol. The Kier molecular flexibility index (Phi) is 5.08. The van der Waals surface area contributed by atoms with E-state index in [0.717, 1.165) is 16.5 Å². The van der Waals surface area contributed by atoms with Crippen LogP contribution in [0.25, 0.3) is 10.9 Å². The van der Waals surface area contributed by atoms with Crippen LogP contribution in [0.1, 0.15) is 22.5 Å². The molecule has 0 bridgehead atoms. The lowest BCUT2D eigenvalue weighted by molar-refractivity contribution is -0.132. The summed E-state index contributed by atoms with van der Waals surface area (Å²) in [6, 6.07) is 11.3. The predicted molar refractivity (Wildman–Crippen MR) is 116 cm³/mol. The van der Waals surface area contributed by atoms with Crippen LogP contribution in [0.15, 0.2) is 48.8 Å². The van der Waals surface area contributed by atoms with E-state index >= 15 is 0 Å². The number of para-hydroxylation sites is 1. The minimum absolute atomic E-state index is 0.0329. The summed E-state index contributed by atoms with van der Waals surface area (Å²) in [6.45, 7) is 1.72. The Labute approximate surface area is 185 Å². The number of carbonyl (C=O) groups excluding carboxylic acids is 3. The standard InChI is InChI=1S/C23H24N6O3/c1-27-19-5-3-2-4-18(19)21(26-27)23(32)28-13-17(14-28)29-12-16(10-20(29)30)22(31)25-11-15-6-8-24-9-7-15/h2-9,16-17H,10-14H2,1H3,(H,25,31). The fraction of sp³-hybridized carbons (Fsp3) is 0.348. The summed E-state index contributed by atoms with van der Waals surface area (Å²) in [5.41, 5.74) is 2.30. The maximum atomic E-state index is 13.0. The van der Waals surface area contributed by atoms with Crippen molar-refractivity contribution in [1.29, 1.82) is 0 Å². The molecule has 2 aliphatic heterocycles. The Bertz CT molecular complexity index is 1180. The van der Waals surface area contributed by atoms with Gasteiger partial charge in [0.2, 0.25) is 11.8 Å². The maximum absolute atomic E-state index is 13.0. The maximum Gasteiger partial charge on any atom is 0.275 e. The van der Waals surface area contributed by atoms with Gasteiger partial charge in [-0.05, 0) is 23.8 Å². The third-order valence-corrected chi connectivity index (χ3v) is 6.30. The van der Waals surface area contributed by atoms with Crippen molar-refractivity contribution in [3.8, 4) is 0 Å². The summed E-state index contributed by atoms with van der Waals surface area (Å²) in [4.78, 5) is 45.5. The van der Waals surface area contributed by atoms with Crippen LogP contribution >= 0.6 is 0 Å². The molecule has 32 heavy (non-hydrogen) atoms. The first-order valence-electron chi connectivity index (χ1n) is 10.7. The fourth-order valence-electron chi connectivity index (χ4n) is 4.43. The lowest BCUT2D eigenvalue weighted by Crippen LogP contribution is -2.61. The number of hydrogen-bond donors (Lipinski definition) is 1. The van der Waals surface area contributed by atoms with E-state index in [1.807, 2.05) is 43.4 Å². The van der Waals surface area contributed by atoms with E-state index in [4.69, 9.17) is 0 Å². The summed E-state index contributed by atoms with van der Waals surface area (Å²) in [5, 5.41) is 8.13. The summed E-state index contributed by atoms with van der Waals surface area (Å²) in [6.07, 6.45) is 3.57. The van der Waals surface area contributed by atoms with Gasteiger partial charge in [-0.1, -0.05) is 18.2 Å². The van der Waals surface area contributed by atoms with E-state index in [0.29, 0.717) is 31.9 Å². The number of nitrogens with one attached hydrogen (secondary N) is 1. The minimum atomic E-state index is -0.367. The van der Waals surface area contributed by atoms with E-state index < -0.39 is 0 Å². The normalized spacial score (nSPS) is 18.8. The van der Waals surface area contributed by atoms with E-state index in [1.54, 1.807) is 26.9 Å². The van der Waals surface area contributed by atoms with Gasteiger partial charge in [0.1, 0.15) is 0 Å². The molecule has 1 atom stereocenters. The molecule has 2 fully saturated rings. The third-order valence-electron chi connectivity index (χ3n) is 6.30. The zero-order valence-corrected chi connectivity index (χ0v) is 17.8. The Balaban J connectivity index is 1.17. The first-order valence-corrected chi connectivity index (χ1v) is 10.7. The van der Waals surface area contributed by atoms with Gasteiger partial charge in [0.05, 0.1) is 17.5 Å². The van der Waals surface area contributed by atoms with Gasteiger partial charge in [-0.2, -0.15) is 5.10 Å². The average Bonchev–Trinajstić information content (AvgIpc) is 3.32. The van der Waals surface area contributed by atoms with Gasteiger partial charge in [0.25, 0.3) is 5.91 Å². The number of pyridine rings is 1. The summed E-state index contributed by atoms with van der Waals surface area (Å²) in [7, 11) is 1.82. The van der Waals surface area contributed by atoms with Crippen LogP contribution in [0, 0.1) is 5.92 Å². The van der Waals surface area contributed by atoms with Crippen LogP contribution in [-0.4, -0.2) is 68.0 Å². The molecule has 9 nitrogen and oxygen atoms in total. The topological polar surface area (TPSA) is 100 Å². The molecule has 1 aromatic carbocycles. The van der Waals surface area contributed by atoms with E-state index in [-0.39, 0.29) is 36.1 Å². The number of aryl methyl sites for hydroxylation is 1. The third kappa shape index (κ3) is 3.59. The number of nitrogens with zero attached hydrogens (tertiary/aromatic N) is 5. The molecule has 4 heterocycles. The second kappa shape index (κ2) is 8.07. The molecular formula is C23H24N6O3. The molecule has 0 spiro atoms.